The van der Waals surface area contributed by atoms with Gasteiger partial charge in [-0.3, -0.25) is 9.36 Å². The van der Waals surface area contributed by atoms with E-state index in [9.17, 15) is 9.59 Å². The van der Waals surface area contributed by atoms with Crippen molar-refractivity contribution in [2.24, 2.45) is 0 Å². The quantitative estimate of drug-likeness (QED) is 0.135. The maximum atomic E-state index is 16.3. The molecule has 0 radical (unpaired) electrons. The van der Waals surface area contributed by atoms with Gasteiger partial charge in [-0.15, -0.1) is 23.2 Å². The van der Waals surface area contributed by atoms with Crippen LogP contribution in [-0.2, 0) is 24.8 Å². The summed E-state index contributed by atoms with van der Waals surface area (Å²) in [5.74, 6) is -2.93. The fraction of sp³-hybridized carbons (Fsp3) is 0.686. The number of aromatic nitrogens is 2. The molecular formula is C35H56Cl2F2N4O5Si2. The van der Waals surface area contributed by atoms with Crippen LogP contribution in [-0.4, -0.2) is 81.7 Å². The number of carbonyl (C=O) groups excluding carboxylic acids is 1. The molecule has 1 aromatic carbocycles. The van der Waals surface area contributed by atoms with Crippen LogP contribution >= 0.6 is 23.2 Å². The molecule has 3 rings (SSSR count). The van der Waals surface area contributed by atoms with E-state index >= 15 is 8.78 Å². The topological polar surface area (TPSA) is 94.9 Å². The molecule has 1 saturated heterocycles. The highest BCUT2D eigenvalue weighted by molar-refractivity contribution is 6.74. The van der Waals surface area contributed by atoms with Crippen LogP contribution in [0.2, 0.25) is 36.3 Å². The lowest BCUT2D eigenvalue weighted by Gasteiger charge is -2.41. The SMILES string of the molecule is CC(C)(C)[Si](C)(C)OC[C@H]1O[C@@H](n2ccc(NC(=O)CCCc3ccc(N(CCCl)CCCl)cc3)nc2=O)C(F)(F)[C@@H]1O[Si](C)(C)C(C)(C)C. The Morgan fingerprint density at radius 1 is 1.00 bits per heavy atom. The first-order chi connectivity index (χ1) is 23.0. The van der Waals surface area contributed by atoms with Gasteiger partial charge in [0.05, 0.1) is 6.61 Å². The maximum Gasteiger partial charge on any atom is 0.351 e. The Morgan fingerprint density at radius 3 is 2.10 bits per heavy atom. The Kier molecular flexibility index (Phi) is 14.3. The van der Waals surface area contributed by atoms with Crippen molar-refractivity contribution in [1.29, 1.82) is 0 Å². The van der Waals surface area contributed by atoms with Gasteiger partial charge in [-0.2, -0.15) is 13.8 Å². The molecule has 3 atom stereocenters. The van der Waals surface area contributed by atoms with Crippen molar-refractivity contribution in [1.82, 2.24) is 9.55 Å². The highest BCUT2D eigenvalue weighted by Crippen LogP contribution is 2.48. The van der Waals surface area contributed by atoms with Crippen molar-refractivity contribution in [2.75, 3.05) is 41.7 Å². The van der Waals surface area contributed by atoms with E-state index in [2.05, 4.69) is 36.0 Å². The zero-order chi connectivity index (χ0) is 37.7. The molecule has 1 fully saturated rings. The molecule has 1 amide bonds. The van der Waals surface area contributed by atoms with Crippen LogP contribution in [0.1, 0.15) is 66.2 Å². The van der Waals surface area contributed by atoms with Gasteiger partial charge >= 0.3 is 11.6 Å². The molecule has 15 heteroatoms. The number of rotatable bonds is 16. The molecule has 1 aromatic heterocycles. The standard InChI is InChI=1S/C35H56Cl2F2N4O5Si2/c1-33(2,3)49(7,8)46-24-27-30(48-50(9,10)34(4,5)6)35(38,39)31(47-27)43-21-18-28(41-32(43)45)40-29(44)13-11-12-25-14-16-26(17-15-25)42(22-19-36)23-20-37/h14-18,21,27,30-31H,11-13,19-20,22-24H2,1-10H3,(H,40,41,44,45)/t27-,30-,31-/m1/s1. The Hall–Kier alpha value is -1.88. The molecule has 9 nitrogen and oxygen atoms in total. The van der Waals surface area contributed by atoms with Crippen LogP contribution < -0.4 is 15.9 Å². The van der Waals surface area contributed by atoms with Gasteiger partial charge in [-0.05, 0) is 72.9 Å². The largest absolute Gasteiger partial charge is 0.414 e. The minimum Gasteiger partial charge on any atom is -0.414 e. The third-order valence-corrected chi connectivity index (χ3v) is 19.5. The van der Waals surface area contributed by atoms with E-state index in [0.717, 1.165) is 15.8 Å². The van der Waals surface area contributed by atoms with E-state index in [1.165, 1.54) is 12.3 Å². The summed E-state index contributed by atoms with van der Waals surface area (Å²) in [6.07, 6.45) is -2.11. The molecule has 1 N–H and O–H groups in total. The number of nitrogens with zero attached hydrogens (tertiary/aromatic N) is 3. The lowest BCUT2D eigenvalue weighted by molar-refractivity contribution is -0.138. The molecule has 0 spiro atoms. The average Bonchev–Trinajstić information content (AvgIpc) is 3.23. The molecule has 2 aromatic rings. The second-order valence-electron chi connectivity index (χ2n) is 16.0. The fourth-order valence-electron chi connectivity index (χ4n) is 5.02. The molecule has 0 bridgehead atoms. The number of hydrogen-bond acceptors (Lipinski definition) is 7. The Balaban J connectivity index is 1.70. The van der Waals surface area contributed by atoms with Crippen LogP contribution in [0.25, 0.3) is 0 Å². The predicted octanol–water partition coefficient (Wildman–Crippen LogP) is 8.43. The highest BCUT2D eigenvalue weighted by atomic mass is 35.5. The van der Waals surface area contributed by atoms with Gasteiger partial charge in [-0.1, -0.05) is 53.7 Å². The molecule has 0 saturated carbocycles. The van der Waals surface area contributed by atoms with Gasteiger partial charge in [0.1, 0.15) is 18.0 Å². The summed E-state index contributed by atoms with van der Waals surface area (Å²) in [7, 11) is -5.02. The molecule has 1 aliphatic rings. The van der Waals surface area contributed by atoms with Crippen LogP contribution in [0.4, 0.5) is 20.3 Å². The van der Waals surface area contributed by atoms with Crippen LogP contribution in [0.15, 0.2) is 41.3 Å². The van der Waals surface area contributed by atoms with Crippen LogP contribution in [0, 0.1) is 0 Å². The van der Waals surface area contributed by atoms with Crippen LogP contribution in [0.3, 0.4) is 0 Å². The second-order valence-corrected chi connectivity index (χ2v) is 26.3. The Labute approximate surface area is 308 Å². The Bertz CT molecular complexity index is 1480. The van der Waals surface area contributed by atoms with E-state index < -0.39 is 46.7 Å². The van der Waals surface area contributed by atoms with E-state index in [1.54, 1.807) is 0 Å². The summed E-state index contributed by atoms with van der Waals surface area (Å²) in [6, 6.07) is 9.37. The second kappa shape index (κ2) is 16.9. The van der Waals surface area contributed by atoms with Gasteiger partial charge in [0.15, 0.2) is 16.6 Å². The first-order valence-corrected chi connectivity index (χ1v) is 24.1. The molecule has 2 heterocycles. The van der Waals surface area contributed by atoms with Crippen molar-refractivity contribution in [2.45, 2.75) is 121 Å². The number of halogens is 4. The molecular weight excluding hydrogens is 721 g/mol. The number of amides is 1. The number of benzene rings is 1. The van der Waals surface area contributed by atoms with Gasteiger partial charge in [-0.25, -0.2) is 4.79 Å². The minimum absolute atomic E-state index is 0.0209. The minimum atomic E-state index is -3.57. The normalized spacial score (nSPS) is 19.8. The summed E-state index contributed by atoms with van der Waals surface area (Å²) < 4.78 is 52.0. The van der Waals surface area contributed by atoms with Crippen LogP contribution in [0.5, 0.6) is 0 Å². The maximum absolute atomic E-state index is 16.3. The number of alkyl halides is 4. The zero-order valence-corrected chi connectivity index (χ0v) is 34.8. The summed E-state index contributed by atoms with van der Waals surface area (Å²) in [5.41, 5.74) is 1.13. The first-order valence-electron chi connectivity index (χ1n) is 17.2. The fourth-order valence-corrected chi connectivity index (χ4v) is 7.74. The molecule has 0 unspecified atom stereocenters. The number of anilines is 2. The number of aryl methyl sites for hydroxylation is 1. The van der Waals surface area contributed by atoms with Crippen molar-refractivity contribution in [3.63, 3.8) is 0 Å². The molecule has 0 aliphatic carbocycles. The Morgan fingerprint density at radius 2 is 1.58 bits per heavy atom. The number of ether oxygens (including phenoxy) is 1. The van der Waals surface area contributed by atoms with E-state index in [1.807, 2.05) is 71.2 Å². The third kappa shape index (κ3) is 10.6. The summed E-state index contributed by atoms with van der Waals surface area (Å²) in [6.45, 7) is 21.3. The molecule has 50 heavy (non-hydrogen) atoms. The number of nitrogens with one attached hydrogen (secondary N) is 1. The molecule has 282 valence electrons. The van der Waals surface area contributed by atoms with Crippen molar-refractivity contribution >= 4 is 57.2 Å². The smallest absolute Gasteiger partial charge is 0.351 e. The van der Waals surface area contributed by atoms with Gasteiger partial charge in [0.2, 0.25) is 12.1 Å². The van der Waals surface area contributed by atoms with Crippen molar-refractivity contribution in [3.8, 4) is 0 Å². The lowest BCUT2D eigenvalue weighted by atomic mass is 10.1. The van der Waals surface area contributed by atoms with E-state index in [4.69, 9.17) is 36.8 Å². The monoisotopic (exact) mass is 776 g/mol. The highest BCUT2D eigenvalue weighted by Gasteiger charge is 2.63. The average molecular weight is 778 g/mol. The van der Waals surface area contributed by atoms with Gasteiger partial charge in [0.25, 0.3) is 0 Å². The zero-order valence-electron chi connectivity index (χ0n) is 31.2. The first kappa shape index (κ1) is 42.5. The number of hydrogen-bond donors (Lipinski definition) is 1. The van der Waals surface area contributed by atoms with E-state index in [0.29, 0.717) is 37.7 Å². The van der Waals surface area contributed by atoms with Crippen molar-refractivity contribution in [3.05, 3.63) is 52.6 Å². The van der Waals surface area contributed by atoms with Gasteiger partial charge < -0.3 is 23.8 Å². The van der Waals surface area contributed by atoms with E-state index in [-0.39, 0.29) is 34.8 Å². The van der Waals surface area contributed by atoms with Gasteiger partial charge in [0, 0.05) is 43.2 Å². The predicted molar refractivity (Wildman–Crippen MR) is 204 cm³/mol. The molecule has 1 aliphatic heterocycles. The third-order valence-electron chi connectivity index (χ3n) is 10.2. The summed E-state index contributed by atoms with van der Waals surface area (Å²) in [4.78, 5) is 31.9. The lowest BCUT2D eigenvalue weighted by Crippen LogP contribution is -2.53. The number of carbonyl (C=O) groups is 1. The summed E-state index contributed by atoms with van der Waals surface area (Å²) >= 11 is 11.8. The van der Waals surface area contributed by atoms with Crippen molar-refractivity contribution < 1.29 is 27.2 Å². The summed E-state index contributed by atoms with van der Waals surface area (Å²) in [5, 5.41) is 2.13.